The summed E-state index contributed by atoms with van der Waals surface area (Å²) in [4.78, 5) is 22.3. The Morgan fingerprint density at radius 2 is 1.76 bits per heavy atom. The zero-order valence-corrected chi connectivity index (χ0v) is 13.7. The van der Waals surface area contributed by atoms with Crippen molar-refractivity contribution in [3.8, 4) is 0 Å². The second-order valence-electron chi connectivity index (χ2n) is 5.43. The van der Waals surface area contributed by atoms with Gasteiger partial charge in [-0.15, -0.1) is 0 Å². The van der Waals surface area contributed by atoms with Crippen molar-refractivity contribution in [2.24, 2.45) is 0 Å². The van der Waals surface area contributed by atoms with Gasteiger partial charge in [-0.3, -0.25) is 4.79 Å². The third kappa shape index (κ3) is 3.98. The second kappa shape index (κ2) is 7.53. The van der Waals surface area contributed by atoms with Gasteiger partial charge in [0.05, 0.1) is 12.4 Å². The van der Waals surface area contributed by atoms with E-state index in [2.05, 4.69) is 15.3 Å². The average molecular weight is 336 g/mol. The number of amides is 1. The fraction of sp³-hybridized carbons (Fsp3) is 0.105. The Morgan fingerprint density at radius 1 is 1.04 bits per heavy atom. The molecule has 3 aromatic rings. The zero-order valence-electron chi connectivity index (χ0n) is 13.7. The maximum atomic E-state index is 13.6. The average Bonchev–Trinajstić information content (AvgIpc) is 2.67. The van der Waals surface area contributed by atoms with Crippen molar-refractivity contribution < 1.29 is 9.18 Å². The third-order valence-electron chi connectivity index (χ3n) is 3.74. The van der Waals surface area contributed by atoms with E-state index >= 15 is 0 Å². The van der Waals surface area contributed by atoms with Crippen LogP contribution in [-0.4, -0.2) is 22.9 Å². The van der Waals surface area contributed by atoms with E-state index in [0.717, 1.165) is 5.69 Å². The van der Waals surface area contributed by atoms with Crippen molar-refractivity contribution >= 4 is 17.4 Å². The molecule has 6 heteroatoms. The molecule has 0 radical (unpaired) electrons. The Bertz CT molecular complexity index is 853. The highest BCUT2D eigenvalue weighted by molar-refractivity contribution is 6.04. The van der Waals surface area contributed by atoms with E-state index in [9.17, 15) is 9.18 Å². The summed E-state index contributed by atoms with van der Waals surface area (Å²) in [6, 6.07) is 15.8. The SMILES string of the molecule is CN(C(=O)c1cnc(NCc2ccccc2F)cn1)c1ccccc1. The van der Waals surface area contributed by atoms with Crippen LogP contribution in [-0.2, 0) is 6.54 Å². The Labute approximate surface area is 145 Å². The van der Waals surface area contributed by atoms with Gasteiger partial charge in [-0.2, -0.15) is 0 Å². The monoisotopic (exact) mass is 336 g/mol. The number of halogens is 1. The highest BCUT2D eigenvalue weighted by Gasteiger charge is 2.15. The second-order valence-corrected chi connectivity index (χ2v) is 5.43. The fourth-order valence-electron chi connectivity index (χ4n) is 2.30. The maximum absolute atomic E-state index is 13.6. The molecule has 0 atom stereocenters. The van der Waals surface area contributed by atoms with Gasteiger partial charge in [0.1, 0.15) is 17.3 Å². The third-order valence-corrected chi connectivity index (χ3v) is 3.74. The number of nitrogens with one attached hydrogen (secondary N) is 1. The standard InChI is InChI=1S/C19H17FN4O/c1-24(15-8-3-2-4-9-15)19(25)17-12-23-18(13-21-17)22-11-14-7-5-6-10-16(14)20/h2-10,12-13H,11H2,1H3,(H,22,23). The van der Waals surface area contributed by atoms with E-state index < -0.39 is 0 Å². The predicted octanol–water partition coefficient (Wildman–Crippen LogP) is 3.50. The zero-order chi connectivity index (χ0) is 17.6. The summed E-state index contributed by atoms with van der Waals surface area (Å²) < 4.78 is 13.6. The fourth-order valence-corrected chi connectivity index (χ4v) is 2.30. The lowest BCUT2D eigenvalue weighted by Crippen LogP contribution is -2.27. The normalized spacial score (nSPS) is 10.3. The minimum atomic E-state index is -0.278. The van der Waals surface area contributed by atoms with Gasteiger partial charge in [0.25, 0.3) is 5.91 Å². The summed E-state index contributed by atoms with van der Waals surface area (Å²) >= 11 is 0. The van der Waals surface area contributed by atoms with E-state index in [1.54, 1.807) is 25.2 Å². The van der Waals surface area contributed by atoms with Crippen LogP contribution in [0.3, 0.4) is 0 Å². The molecule has 1 amide bonds. The van der Waals surface area contributed by atoms with Crippen LogP contribution in [0.4, 0.5) is 15.9 Å². The number of rotatable bonds is 5. The Kier molecular flexibility index (Phi) is 4.99. The lowest BCUT2D eigenvalue weighted by Gasteiger charge is -2.16. The van der Waals surface area contributed by atoms with Gasteiger partial charge in [0, 0.05) is 24.8 Å². The number of para-hydroxylation sites is 1. The van der Waals surface area contributed by atoms with Gasteiger partial charge >= 0.3 is 0 Å². The summed E-state index contributed by atoms with van der Waals surface area (Å²) in [5.74, 6) is -0.0548. The van der Waals surface area contributed by atoms with Gasteiger partial charge in [-0.1, -0.05) is 36.4 Å². The molecule has 0 aliphatic rings. The van der Waals surface area contributed by atoms with Gasteiger partial charge in [-0.25, -0.2) is 14.4 Å². The molecule has 0 aliphatic heterocycles. The highest BCUT2D eigenvalue weighted by atomic mass is 19.1. The number of carbonyl (C=O) groups excluding carboxylic acids is 1. The minimum Gasteiger partial charge on any atom is -0.365 e. The van der Waals surface area contributed by atoms with Crippen LogP contribution < -0.4 is 10.2 Å². The minimum absolute atomic E-state index is 0.239. The lowest BCUT2D eigenvalue weighted by molar-refractivity contribution is 0.0988. The largest absolute Gasteiger partial charge is 0.365 e. The molecule has 3 rings (SSSR count). The van der Waals surface area contributed by atoms with E-state index in [-0.39, 0.29) is 17.4 Å². The molecule has 0 saturated heterocycles. The van der Waals surface area contributed by atoms with Crippen LogP contribution in [0.1, 0.15) is 16.1 Å². The van der Waals surface area contributed by atoms with Gasteiger partial charge in [-0.05, 0) is 18.2 Å². The molecule has 0 spiro atoms. The van der Waals surface area contributed by atoms with Crippen molar-refractivity contribution in [3.05, 3.63) is 84.1 Å². The summed E-state index contributed by atoms with van der Waals surface area (Å²) in [6.45, 7) is 0.290. The Morgan fingerprint density at radius 3 is 2.44 bits per heavy atom. The van der Waals surface area contributed by atoms with Crippen molar-refractivity contribution in [2.45, 2.75) is 6.54 Å². The number of anilines is 2. The molecule has 2 aromatic carbocycles. The number of hydrogen-bond donors (Lipinski definition) is 1. The molecule has 1 aromatic heterocycles. The molecule has 0 unspecified atom stereocenters. The van der Waals surface area contributed by atoms with Crippen LogP contribution in [0.15, 0.2) is 67.0 Å². The van der Waals surface area contributed by atoms with E-state index in [0.29, 0.717) is 17.9 Å². The first kappa shape index (κ1) is 16.6. The smallest absolute Gasteiger partial charge is 0.278 e. The van der Waals surface area contributed by atoms with Crippen molar-refractivity contribution in [1.29, 1.82) is 0 Å². The van der Waals surface area contributed by atoms with Crippen LogP contribution >= 0.6 is 0 Å². The van der Waals surface area contributed by atoms with Crippen LogP contribution in [0.25, 0.3) is 0 Å². The Hall–Kier alpha value is -3.28. The molecule has 5 nitrogen and oxygen atoms in total. The number of nitrogens with zero attached hydrogens (tertiary/aromatic N) is 3. The predicted molar refractivity (Wildman–Crippen MR) is 94.9 cm³/mol. The van der Waals surface area contributed by atoms with E-state index in [1.165, 1.54) is 23.4 Å². The molecule has 126 valence electrons. The number of hydrogen-bond acceptors (Lipinski definition) is 4. The van der Waals surface area contributed by atoms with Crippen LogP contribution in [0.5, 0.6) is 0 Å². The van der Waals surface area contributed by atoms with Crippen LogP contribution in [0.2, 0.25) is 0 Å². The summed E-state index contributed by atoms with van der Waals surface area (Å²) in [6.07, 6.45) is 2.87. The molecule has 0 bridgehead atoms. The number of carbonyl (C=O) groups is 1. The van der Waals surface area contributed by atoms with Crippen molar-refractivity contribution in [2.75, 3.05) is 17.3 Å². The van der Waals surface area contributed by atoms with E-state index in [4.69, 9.17) is 0 Å². The topological polar surface area (TPSA) is 58.1 Å². The number of benzene rings is 2. The van der Waals surface area contributed by atoms with Gasteiger partial charge in [0.15, 0.2) is 0 Å². The molecule has 1 N–H and O–H groups in total. The molecule has 25 heavy (non-hydrogen) atoms. The number of aromatic nitrogens is 2. The molecular formula is C19H17FN4O. The molecule has 1 heterocycles. The summed E-state index contributed by atoms with van der Waals surface area (Å²) in [5, 5.41) is 2.99. The summed E-state index contributed by atoms with van der Waals surface area (Å²) in [5.41, 5.74) is 1.55. The lowest BCUT2D eigenvalue weighted by atomic mass is 10.2. The molecule has 0 aliphatic carbocycles. The van der Waals surface area contributed by atoms with Crippen molar-refractivity contribution in [3.63, 3.8) is 0 Å². The van der Waals surface area contributed by atoms with Crippen LogP contribution in [0, 0.1) is 5.82 Å². The molecule has 0 saturated carbocycles. The first-order chi connectivity index (χ1) is 12.1. The maximum Gasteiger partial charge on any atom is 0.278 e. The van der Waals surface area contributed by atoms with Gasteiger partial charge < -0.3 is 10.2 Å². The first-order valence-electron chi connectivity index (χ1n) is 7.77. The summed E-state index contributed by atoms with van der Waals surface area (Å²) in [7, 11) is 1.68. The first-order valence-corrected chi connectivity index (χ1v) is 7.77. The highest BCUT2D eigenvalue weighted by Crippen LogP contribution is 2.14. The van der Waals surface area contributed by atoms with E-state index in [1.807, 2.05) is 30.3 Å². The molecular weight excluding hydrogens is 319 g/mol. The molecule has 0 fully saturated rings. The van der Waals surface area contributed by atoms with Gasteiger partial charge in [0.2, 0.25) is 0 Å². The quantitative estimate of drug-likeness (QED) is 0.775. The Balaban J connectivity index is 1.66. The van der Waals surface area contributed by atoms with Crippen molar-refractivity contribution in [1.82, 2.24) is 9.97 Å².